The van der Waals surface area contributed by atoms with E-state index in [0.717, 1.165) is 10.6 Å². The number of hydrogen-bond acceptors (Lipinski definition) is 3. The number of halogens is 3. The van der Waals surface area contributed by atoms with E-state index in [0.29, 0.717) is 26.3 Å². The molecule has 2 aromatic carbocycles. The number of carbonyl (C=O) groups is 1. The number of benzene rings is 2. The molecule has 0 fully saturated rings. The third-order valence-electron chi connectivity index (χ3n) is 3.21. The van der Waals surface area contributed by atoms with Gasteiger partial charge in [-0.05, 0) is 35.9 Å². The summed E-state index contributed by atoms with van der Waals surface area (Å²) in [5.41, 5.74) is 1.11. The standard InChI is InChI=1S/C16H15Cl3N2O3S/c1-25(23,24)21(9-11-2-4-12(17)5-3-11)10-16(22)20-15-7-13(18)6-14(19)8-15/h2-8H,9-10H2,1H3,(H,20,22). The zero-order valence-corrected chi connectivity index (χ0v) is 16.3. The van der Waals surface area contributed by atoms with Crippen molar-refractivity contribution in [1.82, 2.24) is 4.31 Å². The van der Waals surface area contributed by atoms with Crippen LogP contribution < -0.4 is 5.32 Å². The highest BCUT2D eigenvalue weighted by Gasteiger charge is 2.20. The van der Waals surface area contributed by atoms with E-state index in [1.165, 1.54) is 18.2 Å². The van der Waals surface area contributed by atoms with Gasteiger partial charge in [0.1, 0.15) is 0 Å². The molecule has 0 atom stereocenters. The summed E-state index contributed by atoms with van der Waals surface area (Å²) in [6.07, 6.45) is 1.05. The molecule has 1 N–H and O–H groups in total. The summed E-state index contributed by atoms with van der Waals surface area (Å²) in [7, 11) is -3.59. The van der Waals surface area contributed by atoms with Crippen LogP contribution in [0.2, 0.25) is 15.1 Å². The molecule has 25 heavy (non-hydrogen) atoms. The Morgan fingerprint density at radius 2 is 1.56 bits per heavy atom. The maximum atomic E-state index is 12.2. The van der Waals surface area contributed by atoms with Gasteiger partial charge in [0.2, 0.25) is 15.9 Å². The Bertz CT molecular complexity index is 850. The van der Waals surface area contributed by atoms with E-state index < -0.39 is 15.9 Å². The van der Waals surface area contributed by atoms with Gasteiger partial charge in [0.15, 0.2) is 0 Å². The van der Waals surface area contributed by atoms with Crippen LogP contribution in [0.25, 0.3) is 0 Å². The minimum absolute atomic E-state index is 0.0553. The van der Waals surface area contributed by atoms with Crippen molar-refractivity contribution in [3.63, 3.8) is 0 Å². The van der Waals surface area contributed by atoms with Gasteiger partial charge in [0, 0.05) is 27.3 Å². The Labute approximate surface area is 161 Å². The molecule has 1 amide bonds. The summed E-state index contributed by atoms with van der Waals surface area (Å²) in [6.45, 7) is -0.286. The number of anilines is 1. The van der Waals surface area contributed by atoms with Gasteiger partial charge in [-0.15, -0.1) is 0 Å². The maximum Gasteiger partial charge on any atom is 0.239 e. The highest BCUT2D eigenvalue weighted by Crippen LogP contribution is 2.22. The summed E-state index contributed by atoms with van der Waals surface area (Å²) in [4.78, 5) is 12.2. The molecule has 0 bridgehead atoms. The third-order valence-corrected chi connectivity index (χ3v) is 5.09. The van der Waals surface area contributed by atoms with Crippen molar-refractivity contribution >= 4 is 56.4 Å². The second kappa shape index (κ2) is 8.38. The Balaban J connectivity index is 2.11. The largest absolute Gasteiger partial charge is 0.325 e. The summed E-state index contributed by atoms with van der Waals surface area (Å²) < 4.78 is 25.0. The molecule has 134 valence electrons. The number of hydrogen-bond donors (Lipinski definition) is 1. The fourth-order valence-corrected chi connectivity index (χ4v) is 3.46. The van der Waals surface area contributed by atoms with Gasteiger partial charge in [-0.3, -0.25) is 4.79 Å². The average Bonchev–Trinajstić information content (AvgIpc) is 2.46. The molecule has 0 aliphatic carbocycles. The lowest BCUT2D eigenvalue weighted by molar-refractivity contribution is -0.116. The lowest BCUT2D eigenvalue weighted by Crippen LogP contribution is -2.36. The van der Waals surface area contributed by atoms with Crippen LogP contribution in [0.1, 0.15) is 5.56 Å². The Morgan fingerprint density at radius 3 is 2.08 bits per heavy atom. The van der Waals surface area contributed by atoms with Crippen LogP contribution in [-0.4, -0.2) is 31.4 Å². The first-order chi connectivity index (χ1) is 11.6. The second-order valence-corrected chi connectivity index (χ2v) is 8.66. The molecule has 9 heteroatoms. The quantitative estimate of drug-likeness (QED) is 0.765. The summed E-state index contributed by atoms with van der Waals surface area (Å²) in [6, 6.07) is 11.3. The molecule has 2 rings (SSSR count). The number of carbonyl (C=O) groups excluding carboxylic acids is 1. The van der Waals surface area contributed by atoms with Crippen molar-refractivity contribution in [2.45, 2.75) is 6.54 Å². The predicted octanol–water partition coefficient (Wildman–Crippen LogP) is 4.05. The Morgan fingerprint density at radius 1 is 1.00 bits per heavy atom. The lowest BCUT2D eigenvalue weighted by Gasteiger charge is -2.19. The van der Waals surface area contributed by atoms with Gasteiger partial charge in [0.05, 0.1) is 12.8 Å². The molecule has 0 heterocycles. The fraction of sp³-hybridized carbons (Fsp3) is 0.188. The smallest absolute Gasteiger partial charge is 0.239 e. The molecular weight excluding hydrogens is 407 g/mol. The molecular formula is C16H15Cl3N2O3S. The van der Waals surface area contributed by atoms with Crippen LogP contribution in [0.4, 0.5) is 5.69 Å². The summed E-state index contributed by atoms with van der Waals surface area (Å²) >= 11 is 17.6. The molecule has 5 nitrogen and oxygen atoms in total. The minimum Gasteiger partial charge on any atom is -0.325 e. The minimum atomic E-state index is -3.59. The van der Waals surface area contributed by atoms with Gasteiger partial charge in [0.25, 0.3) is 0 Å². The highest BCUT2D eigenvalue weighted by atomic mass is 35.5. The van der Waals surface area contributed by atoms with E-state index >= 15 is 0 Å². The van der Waals surface area contributed by atoms with Crippen molar-refractivity contribution < 1.29 is 13.2 Å². The summed E-state index contributed by atoms with van der Waals surface area (Å²) in [5, 5.41) is 3.86. The number of nitrogens with one attached hydrogen (secondary N) is 1. The molecule has 0 saturated heterocycles. The van der Waals surface area contributed by atoms with Gasteiger partial charge in [-0.25, -0.2) is 8.42 Å². The van der Waals surface area contributed by atoms with Crippen LogP contribution >= 0.6 is 34.8 Å². The van der Waals surface area contributed by atoms with E-state index in [9.17, 15) is 13.2 Å². The Hall–Kier alpha value is -1.31. The van der Waals surface area contributed by atoms with E-state index in [1.807, 2.05) is 0 Å². The monoisotopic (exact) mass is 420 g/mol. The SMILES string of the molecule is CS(=O)(=O)N(CC(=O)Nc1cc(Cl)cc(Cl)c1)Cc1ccc(Cl)cc1. The van der Waals surface area contributed by atoms with E-state index in [-0.39, 0.29) is 13.1 Å². The third kappa shape index (κ3) is 6.49. The maximum absolute atomic E-state index is 12.2. The van der Waals surface area contributed by atoms with Gasteiger partial charge in [-0.1, -0.05) is 46.9 Å². The second-order valence-electron chi connectivity index (χ2n) is 5.36. The van der Waals surface area contributed by atoms with E-state index in [4.69, 9.17) is 34.8 Å². The zero-order chi connectivity index (χ0) is 18.6. The molecule has 0 unspecified atom stereocenters. The molecule has 0 aliphatic rings. The number of rotatable bonds is 6. The van der Waals surface area contributed by atoms with Crippen molar-refractivity contribution in [2.24, 2.45) is 0 Å². The van der Waals surface area contributed by atoms with Crippen LogP contribution in [0.3, 0.4) is 0 Å². The topological polar surface area (TPSA) is 66.5 Å². The zero-order valence-electron chi connectivity index (χ0n) is 13.2. The molecule has 0 aliphatic heterocycles. The van der Waals surface area contributed by atoms with E-state index in [2.05, 4.69) is 5.32 Å². The first-order valence-electron chi connectivity index (χ1n) is 7.09. The predicted molar refractivity (Wildman–Crippen MR) is 102 cm³/mol. The van der Waals surface area contributed by atoms with Gasteiger partial charge in [-0.2, -0.15) is 4.31 Å². The van der Waals surface area contributed by atoms with Crippen LogP contribution in [0.5, 0.6) is 0 Å². The number of nitrogens with zero attached hydrogens (tertiary/aromatic N) is 1. The number of sulfonamides is 1. The lowest BCUT2D eigenvalue weighted by atomic mass is 10.2. The first-order valence-corrected chi connectivity index (χ1v) is 10.1. The molecule has 0 radical (unpaired) electrons. The molecule has 2 aromatic rings. The van der Waals surface area contributed by atoms with Crippen molar-refractivity contribution in [3.05, 3.63) is 63.1 Å². The van der Waals surface area contributed by atoms with Crippen LogP contribution in [0.15, 0.2) is 42.5 Å². The molecule has 0 aromatic heterocycles. The molecule has 0 spiro atoms. The highest BCUT2D eigenvalue weighted by molar-refractivity contribution is 7.88. The number of amides is 1. The fourth-order valence-electron chi connectivity index (χ4n) is 2.07. The first kappa shape index (κ1) is 20.0. The normalized spacial score (nSPS) is 11.6. The van der Waals surface area contributed by atoms with Crippen molar-refractivity contribution in [2.75, 3.05) is 18.1 Å². The van der Waals surface area contributed by atoms with Crippen LogP contribution in [0, 0.1) is 0 Å². The Kier molecular flexibility index (Phi) is 6.71. The van der Waals surface area contributed by atoms with Crippen LogP contribution in [-0.2, 0) is 21.4 Å². The molecule has 0 saturated carbocycles. The van der Waals surface area contributed by atoms with Crippen molar-refractivity contribution in [1.29, 1.82) is 0 Å². The average molecular weight is 422 g/mol. The summed E-state index contributed by atoms with van der Waals surface area (Å²) in [5.74, 6) is -0.502. The van der Waals surface area contributed by atoms with E-state index in [1.54, 1.807) is 24.3 Å². The van der Waals surface area contributed by atoms with Crippen molar-refractivity contribution in [3.8, 4) is 0 Å². The van der Waals surface area contributed by atoms with Gasteiger partial charge >= 0.3 is 0 Å². The van der Waals surface area contributed by atoms with Gasteiger partial charge < -0.3 is 5.32 Å².